The molecule has 2 unspecified atom stereocenters. The summed E-state index contributed by atoms with van der Waals surface area (Å²) in [6.07, 6.45) is 1.46. The van der Waals surface area contributed by atoms with Crippen LogP contribution in [0.2, 0.25) is 0 Å². The molecule has 0 spiro atoms. The zero-order valence-corrected chi connectivity index (χ0v) is 14.0. The van der Waals surface area contributed by atoms with E-state index in [0.29, 0.717) is 26.1 Å². The molecule has 0 aromatic rings. The largest absolute Gasteiger partial charge is 0.385 e. The van der Waals surface area contributed by atoms with E-state index < -0.39 is 9.84 Å². The van der Waals surface area contributed by atoms with Crippen LogP contribution in [0, 0.1) is 5.92 Å². The van der Waals surface area contributed by atoms with Gasteiger partial charge in [-0.3, -0.25) is 9.59 Å². The molecule has 7 nitrogen and oxygen atoms in total. The lowest BCUT2D eigenvalue weighted by molar-refractivity contribution is -0.136. The molecule has 2 heterocycles. The molecule has 0 aromatic carbocycles. The normalized spacial score (nSPS) is 27.4. The number of likely N-dealkylation sites (tertiary alicyclic amines) is 1. The molecule has 2 aliphatic heterocycles. The highest BCUT2D eigenvalue weighted by atomic mass is 32.2. The van der Waals surface area contributed by atoms with Gasteiger partial charge in [0.05, 0.1) is 17.4 Å². The lowest BCUT2D eigenvalue weighted by Crippen LogP contribution is -2.42. The Kier molecular flexibility index (Phi) is 5.44. The Morgan fingerprint density at radius 3 is 2.77 bits per heavy atom. The fourth-order valence-electron chi connectivity index (χ4n) is 3.10. The Hall–Kier alpha value is -1.15. The van der Waals surface area contributed by atoms with Crippen LogP contribution in [0.3, 0.4) is 0 Å². The summed E-state index contributed by atoms with van der Waals surface area (Å²) < 4.78 is 28.0. The lowest BCUT2D eigenvalue weighted by atomic mass is 10.1. The molecule has 2 fully saturated rings. The average Bonchev–Trinajstić information content (AvgIpc) is 3.01. The van der Waals surface area contributed by atoms with Gasteiger partial charge in [0.15, 0.2) is 9.84 Å². The van der Waals surface area contributed by atoms with Crippen LogP contribution in [-0.4, -0.2) is 81.4 Å². The van der Waals surface area contributed by atoms with Crippen LogP contribution in [0.4, 0.5) is 0 Å². The van der Waals surface area contributed by atoms with E-state index in [9.17, 15) is 18.0 Å². The Balaban J connectivity index is 1.89. The molecule has 126 valence electrons. The van der Waals surface area contributed by atoms with Crippen LogP contribution < -0.4 is 0 Å². The van der Waals surface area contributed by atoms with Crippen LogP contribution >= 0.6 is 0 Å². The molecule has 22 heavy (non-hydrogen) atoms. The van der Waals surface area contributed by atoms with Gasteiger partial charge in [-0.2, -0.15) is 0 Å². The van der Waals surface area contributed by atoms with Gasteiger partial charge >= 0.3 is 0 Å². The van der Waals surface area contributed by atoms with Crippen molar-refractivity contribution in [2.24, 2.45) is 5.92 Å². The van der Waals surface area contributed by atoms with Crippen molar-refractivity contribution >= 4 is 21.7 Å². The first kappa shape index (κ1) is 17.2. The maximum atomic E-state index is 12.5. The van der Waals surface area contributed by atoms with Crippen molar-refractivity contribution in [3.8, 4) is 0 Å². The summed E-state index contributed by atoms with van der Waals surface area (Å²) in [6.45, 7) is 1.60. The Morgan fingerprint density at radius 1 is 1.45 bits per heavy atom. The standard InChI is InChI=1S/C14H24N2O5S/c1-15(12-4-7-22(19,20)10-12)14(18)11-8-13(17)16(9-11)5-3-6-21-2/h11-12H,3-10H2,1-2H3. The minimum atomic E-state index is -3.02. The fraction of sp³-hybridized carbons (Fsp3) is 0.857. The second kappa shape index (κ2) is 6.95. The van der Waals surface area contributed by atoms with E-state index in [2.05, 4.69) is 0 Å². The highest BCUT2D eigenvalue weighted by Gasteiger charge is 2.39. The Labute approximate surface area is 131 Å². The van der Waals surface area contributed by atoms with E-state index in [0.717, 1.165) is 6.42 Å². The summed E-state index contributed by atoms with van der Waals surface area (Å²) in [5.74, 6) is -0.315. The zero-order chi connectivity index (χ0) is 16.3. The molecule has 0 bridgehead atoms. The van der Waals surface area contributed by atoms with Gasteiger partial charge in [0.1, 0.15) is 0 Å². The third-order valence-electron chi connectivity index (χ3n) is 4.44. The molecular formula is C14H24N2O5S. The topological polar surface area (TPSA) is 84.0 Å². The van der Waals surface area contributed by atoms with E-state index in [1.165, 1.54) is 4.90 Å². The molecule has 0 N–H and O–H groups in total. The van der Waals surface area contributed by atoms with E-state index in [4.69, 9.17) is 4.74 Å². The van der Waals surface area contributed by atoms with E-state index in [1.54, 1.807) is 19.1 Å². The van der Waals surface area contributed by atoms with Crippen LogP contribution in [0.1, 0.15) is 19.3 Å². The van der Waals surface area contributed by atoms with Crippen molar-refractivity contribution in [3.63, 3.8) is 0 Å². The van der Waals surface area contributed by atoms with E-state index >= 15 is 0 Å². The van der Waals surface area contributed by atoms with Gasteiger partial charge < -0.3 is 14.5 Å². The molecule has 2 rings (SSSR count). The molecule has 0 radical (unpaired) electrons. The molecule has 8 heteroatoms. The van der Waals surface area contributed by atoms with Gasteiger partial charge in [-0.25, -0.2) is 8.42 Å². The smallest absolute Gasteiger partial charge is 0.228 e. The summed E-state index contributed by atoms with van der Waals surface area (Å²) in [6, 6.07) is -0.254. The number of methoxy groups -OCH3 is 1. The van der Waals surface area contributed by atoms with E-state index in [-0.39, 0.29) is 41.7 Å². The summed E-state index contributed by atoms with van der Waals surface area (Å²) in [7, 11) is 0.239. The molecule has 2 amide bonds. The number of hydrogen-bond acceptors (Lipinski definition) is 5. The zero-order valence-electron chi connectivity index (χ0n) is 13.2. The van der Waals surface area contributed by atoms with Crippen LogP contribution in [0.15, 0.2) is 0 Å². The molecular weight excluding hydrogens is 308 g/mol. The first-order chi connectivity index (χ1) is 10.3. The van der Waals surface area contributed by atoms with Gasteiger partial charge in [-0.15, -0.1) is 0 Å². The van der Waals surface area contributed by atoms with Crippen molar-refractivity contribution < 1.29 is 22.7 Å². The van der Waals surface area contributed by atoms with Gasteiger partial charge in [-0.05, 0) is 12.8 Å². The number of rotatable bonds is 6. The van der Waals surface area contributed by atoms with E-state index in [1.807, 2.05) is 0 Å². The van der Waals surface area contributed by atoms with Crippen molar-refractivity contribution in [2.45, 2.75) is 25.3 Å². The number of hydrogen-bond donors (Lipinski definition) is 0. The number of ether oxygens (including phenoxy) is 1. The first-order valence-electron chi connectivity index (χ1n) is 7.58. The number of sulfone groups is 1. The molecule has 0 aliphatic carbocycles. The quantitative estimate of drug-likeness (QED) is 0.613. The van der Waals surface area contributed by atoms with Crippen LogP contribution in [0.5, 0.6) is 0 Å². The van der Waals surface area contributed by atoms with Crippen molar-refractivity contribution in [1.29, 1.82) is 0 Å². The van der Waals surface area contributed by atoms with Crippen molar-refractivity contribution in [1.82, 2.24) is 9.80 Å². The number of carbonyl (C=O) groups is 2. The highest BCUT2D eigenvalue weighted by Crippen LogP contribution is 2.23. The van der Waals surface area contributed by atoms with Gasteiger partial charge in [0.2, 0.25) is 11.8 Å². The molecule has 2 saturated heterocycles. The minimum Gasteiger partial charge on any atom is -0.385 e. The number of carbonyl (C=O) groups excluding carboxylic acids is 2. The number of amides is 2. The van der Waals surface area contributed by atoms with Crippen molar-refractivity contribution in [2.75, 3.05) is 45.4 Å². The maximum Gasteiger partial charge on any atom is 0.228 e. The predicted octanol–water partition coefficient (Wildman–Crippen LogP) is -0.483. The van der Waals surface area contributed by atoms with Gasteiger partial charge in [-0.1, -0.05) is 0 Å². The number of nitrogens with zero attached hydrogens (tertiary/aromatic N) is 2. The highest BCUT2D eigenvalue weighted by molar-refractivity contribution is 7.91. The predicted molar refractivity (Wildman–Crippen MR) is 81.0 cm³/mol. The Morgan fingerprint density at radius 2 is 2.18 bits per heavy atom. The molecule has 0 aromatic heterocycles. The second-order valence-electron chi connectivity index (χ2n) is 6.09. The summed E-state index contributed by atoms with van der Waals surface area (Å²) in [5, 5.41) is 0. The van der Waals surface area contributed by atoms with Crippen LogP contribution in [-0.2, 0) is 24.2 Å². The van der Waals surface area contributed by atoms with Gasteiger partial charge in [0, 0.05) is 46.3 Å². The minimum absolute atomic E-state index is 0.0121. The summed E-state index contributed by atoms with van der Waals surface area (Å²) >= 11 is 0. The summed E-state index contributed by atoms with van der Waals surface area (Å²) in [5.41, 5.74) is 0. The average molecular weight is 332 g/mol. The van der Waals surface area contributed by atoms with Gasteiger partial charge in [0.25, 0.3) is 0 Å². The second-order valence-corrected chi connectivity index (χ2v) is 8.32. The van der Waals surface area contributed by atoms with Crippen LogP contribution in [0.25, 0.3) is 0 Å². The summed E-state index contributed by atoms with van der Waals surface area (Å²) in [4.78, 5) is 27.7. The first-order valence-corrected chi connectivity index (χ1v) is 9.40. The Bertz CT molecular complexity index is 533. The monoisotopic (exact) mass is 332 g/mol. The van der Waals surface area contributed by atoms with Crippen molar-refractivity contribution in [3.05, 3.63) is 0 Å². The SMILES string of the molecule is COCCCN1CC(C(=O)N(C)C2CCS(=O)(=O)C2)CC1=O. The third kappa shape index (κ3) is 3.98. The molecule has 0 saturated carbocycles. The maximum absolute atomic E-state index is 12.5. The third-order valence-corrected chi connectivity index (χ3v) is 6.19. The molecule has 2 aliphatic rings. The fourth-order valence-corrected chi connectivity index (χ4v) is 4.88. The lowest BCUT2D eigenvalue weighted by Gasteiger charge is -2.26. The molecule has 2 atom stereocenters.